The minimum atomic E-state index is -0.914. The monoisotopic (exact) mass is 274 g/mol. The van der Waals surface area contributed by atoms with Crippen molar-refractivity contribution in [2.75, 3.05) is 7.11 Å². The van der Waals surface area contributed by atoms with Crippen molar-refractivity contribution in [1.82, 2.24) is 0 Å². The zero-order valence-electron chi connectivity index (χ0n) is 11.8. The minimum Gasteiger partial charge on any atom is -0.497 e. The van der Waals surface area contributed by atoms with E-state index in [0.29, 0.717) is 12.8 Å². The SMILES string of the molecule is COc1ccc(CC(C)(O)Cc2cccc(F)c2)cc1. The van der Waals surface area contributed by atoms with Gasteiger partial charge in [-0.05, 0) is 42.3 Å². The van der Waals surface area contributed by atoms with Crippen LogP contribution in [-0.4, -0.2) is 17.8 Å². The number of hydrogen-bond donors (Lipinski definition) is 1. The Kier molecular flexibility index (Phi) is 4.40. The maximum Gasteiger partial charge on any atom is 0.123 e. The van der Waals surface area contributed by atoms with Gasteiger partial charge < -0.3 is 9.84 Å². The van der Waals surface area contributed by atoms with Crippen LogP contribution in [0.2, 0.25) is 0 Å². The number of methoxy groups -OCH3 is 1. The maximum atomic E-state index is 13.2. The average Bonchev–Trinajstić information content (AvgIpc) is 2.38. The first kappa shape index (κ1) is 14.5. The van der Waals surface area contributed by atoms with E-state index in [9.17, 15) is 9.50 Å². The third-order valence-corrected chi connectivity index (χ3v) is 3.22. The van der Waals surface area contributed by atoms with Gasteiger partial charge in [-0.2, -0.15) is 0 Å². The maximum absolute atomic E-state index is 13.2. The molecule has 2 aromatic rings. The molecular weight excluding hydrogens is 255 g/mol. The van der Waals surface area contributed by atoms with Crippen molar-refractivity contribution < 1.29 is 14.2 Å². The molecule has 0 aromatic heterocycles. The van der Waals surface area contributed by atoms with E-state index < -0.39 is 5.60 Å². The summed E-state index contributed by atoms with van der Waals surface area (Å²) in [6, 6.07) is 13.9. The normalized spacial score (nSPS) is 13.8. The molecule has 0 aliphatic rings. The van der Waals surface area contributed by atoms with Crippen molar-refractivity contribution in [2.45, 2.75) is 25.4 Å². The van der Waals surface area contributed by atoms with E-state index in [0.717, 1.165) is 16.9 Å². The molecule has 0 heterocycles. The van der Waals surface area contributed by atoms with Crippen LogP contribution in [0, 0.1) is 5.82 Å². The lowest BCUT2D eigenvalue weighted by atomic mass is 9.90. The fourth-order valence-corrected chi connectivity index (χ4v) is 2.33. The van der Waals surface area contributed by atoms with Gasteiger partial charge in [0.2, 0.25) is 0 Å². The molecule has 0 amide bonds. The molecule has 1 N–H and O–H groups in total. The summed E-state index contributed by atoms with van der Waals surface area (Å²) in [6.45, 7) is 1.77. The number of hydrogen-bond acceptors (Lipinski definition) is 2. The Hall–Kier alpha value is -1.87. The summed E-state index contributed by atoms with van der Waals surface area (Å²) in [7, 11) is 1.62. The number of aliphatic hydroxyl groups is 1. The number of benzene rings is 2. The highest BCUT2D eigenvalue weighted by Crippen LogP contribution is 2.21. The lowest BCUT2D eigenvalue weighted by molar-refractivity contribution is 0.0607. The van der Waals surface area contributed by atoms with Gasteiger partial charge in [0.05, 0.1) is 12.7 Å². The van der Waals surface area contributed by atoms with Crippen LogP contribution in [0.5, 0.6) is 5.75 Å². The Morgan fingerprint density at radius 1 is 1.05 bits per heavy atom. The minimum absolute atomic E-state index is 0.275. The Morgan fingerprint density at radius 3 is 2.30 bits per heavy atom. The molecule has 0 radical (unpaired) electrons. The topological polar surface area (TPSA) is 29.5 Å². The Labute approximate surface area is 118 Å². The van der Waals surface area contributed by atoms with Crippen LogP contribution in [0.1, 0.15) is 18.1 Å². The Morgan fingerprint density at radius 2 is 1.70 bits per heavy atom. The molecule has 2 nitrogen and oxygen atoms in total. The summed E-state index contributed by atoms with van der Waals surface area (Å²) >= 11 is 0. The highest BCUT2D eigenvalue weighted by Gasteiger charge is 2.21. The van der Waals surface area contributed by atoms with Crippen LogP contribution in [0.4, 0.5) is 4.39 Å². The van der Waals surface area contributed by atoms with Gasteiger partial charge in [-0.15, -0.1) is 0 Å². The van der Waals surface area contributed by atoms with E-state index in [-0.39, 0.29) is 5.82 Å². The highest BCUT2D eigenvalue weighted by molar-refractivity contribution is 5.28. The molecule has 0 saturated heterocycles. The molecule has 2 rings (SSSR count). The molecule has 106 valence electrons. The first-order valence-electron chi connectivity index (χ1n) is 6.58. The summed E-state index contributed by atoms with van der Waals surface area (Å²) in [5.74, 6) is 0.515. The highest BCUT2D eigenvalue weighted by atomic mass is 19.1. The van der Waals surface area contributed by atoms with Gasteiger partial charge >= 0.3 is 0 Å². The van der Waals surface area contributed by atoms with E-state index in [1.54, 1.807) is 20.1 Å². The summed E-state index contributed by atoms with van der Waals surface area (Å²) in [4.78, 5) is 0. The molecule has 0 aliphatic heterocycles. The quantitative estimate of drug-likeness (QED) is 0.905. The fourth-order valence-electron chi connectivity index (χ4n) is 2.33. The molecule has 0 aliphatic carbocycles. The third-order valence-electron chi connectivity index (χ3n) is 3.22. The van der Waals surface area contributed by atoms with Crippen molar-refractivity contribution in [3.63, 3.8) is 0 Å². The summed E-state index contributed by atoms with van der Waals surface area (Å²) in [5, 5.41) is 10.5. The van der Waals surface area contributed by atoms with Crippen LogP contribution in [0.15, 0.2) is 48.5 Å². The molecule has 1 unspecified atom stereocenters. The third kappa shape index (κ3) is 4.07. The molecule has 0 bridgehead atoms. The molecule has 3 heteroatoms. The molecule has 0 fully saturated rings. The first-order chi connectivity index (χ1) is 9.48. The fraction of sp³-hybridized carbons (Fsp3) is 0.294. The molecule has 0 spiro atoms. The molecule has 1 atom stereocenters. The van der Waals surface area contributed by atoms with Crippen LogP contribution >= 0.6 is 0 Å². The van der Waals surface area contributed by atoms with Gasteiger partial charge in [-0.25, -0.2) is 4.39 Å². The smallest absolute Gasteiger partial charge is 0.123 e. The van der Waals surface area contributed by atoms with E-state index >= 15 is 0 Å². The first-order valence-corrected chi connectivity index (χ1v) is 6.58. The van der Waals surface area contributed by atoms with Crippen LogP contribution in [0.3, 0.4) is 0 Å². The van der Waals surface area contributed by atoms with E-state index in [1.165, 1.54) is 12.1 Å². The zero-order chi connectivity index (χ0) is 14.6. The van der Waals surface area contributed by atoms with Gasteiger partial charge in [0, 0.05) is 12.8 Å². The van der Waals surface area contributed by atoms with E-state index in [2.05, 4.69) is 0 Å². The van der Waals surface area contributed by atoms with Crippen LogP contribution in [0.25, 0.3) is 0 Å². The van der Waals surface area contributed by atoms with Gasteiger partial charge in [0.25, 0.3) is 0 Å². The van der Waals surface area contributed by atoms with Gasteiger partial charge in [-0.3, -0.25) is 0 Å². The number of ether oxygens (including phenoxy) is 1. The van der Waals surface area contributed by atoms with E-state index in [4.69, 9.17) is 4.74 Å². The second-order valence-electron chi connectivity index (χ2n) is 5.33. The van der Waals surface area contributed by atoms with Gasteiger partial charge in [0.15, 0.2) is 0 Å². The molecule has 20 heavy (non-hydrogen) atoms. The predicted octanol–water partition coefficient (Wildman–Crippen LogP) is 3.37. The average molecular weight is 274 g/mol. The molecule has 2 aromatic carbocycles. The van der Waals surface area contributed by atoms with Gasteiger partial charge in [-0.1, -0.05) is 24.3 Å². The van der Waals surface area contributed by atoms with Crippen LogP contribution < -0.4 is 4.74 Å². The number of rotatable bonds is 5. The Bertz CT molecular complexity index is 561. The van der Waals surface area contributed by atoms with Gasteiger partial charge in [0.1, 0.15) is 11.6 Å². The summed E-state index contributed by atoms with van der Waals surface area (Å²) in [5.41, 5.74) is 0.901. The second kappa shape index (κ2) is 6.06. The van der Waals surface area contributed by atoms with Crippen molar-refractivity contribution in [2.24, 2.45) is 0 Å². The lowest BCUT2D eigenvalue weighted by Gasteiger charge is -2.23. The lowest BCUT2D eigenvalue weighted by Crippen LogP contribution is -2.30. The standard InChI is InChI=1S/C17H19FO2/c1-17(19,12-14-4-3-5-15(18)10-14)11-13-6-8-16(20-2)9-7-13/h3-10,19H,11-12H2,1-2H3. The van der Waals surface area contributed by atoms with Crippen molar-refractivity contribution >= 4 is 0 Å². The van der Waals surface area contributed by atoms with Crippen LogP contribution in [-0.2, 0) is 12.8 Å². The largest absolute Gasteiger partial charge is 0.497 e. The molecular formula is C17H19FO2. The zero-order valence-corrected chi connectivity index (χ0v) is 11.8. The summed E-state index contributed by atoms with van der Waals surface area (Å²) < 4.78 is 18.3. The molecule has 0 saturated carbocycles. The van der Waals surface area contributed by atoms with Crippen molar-refractivity contribution in [3.8, 4) is 5.75 Å². The Balaban J connectivity index is 2.06. The summed E-state index contributed by atoms with van der Waals surface area (Å²) in [6.07, 6.45) is 0.921. The second-order valence-corrected chi connectivity index (χ2v) is 5.33. The van der Waals surface area contributed by atoms with Crippen molar-refractivity contribution in [3.05, 3.63) is 65.5 Å². The predicted molar refractivity (Wildman–Crippen MR) is 77.4 cm³/mol. The van der Waals surface area contributed by atoms with E-state index in [1.807, 2.05) is 30.3 Å². The van der Waals surface area contributed by atoms with Crippen molar-refractivity contribution in [1.29, 1.82) is 0 Å². The number of halogens is 1.